The highest BCUT2D eigenvalue weighted by molar-refractivity contribution is 5.76. The Kier molecular flexibility index (Phi) is 5.18. The minimum atomic E-state index is 0.0599. The van der Waals surface area contributed by atoms with E-state index in [1.165, 1.54) is 0 Å². The Morgan fingerprint density at radius 1 is 1.27 bits per heavy atom. The third-order valence-corrected chi connectivity index (χ3v) is 4.28. The van der Waals surface area contributed by atoms with Crippen LogP contribution in [0.2, 0.25) is 0 Å². The molecule has 0 radical (unpaired) electrons. The van der Waals surface area contributed by atoms with E-state index in [2.05, 4.69) is 20.4 Å². The van der Waals surface area contributed by atoms with Crippen LogP contribution >= 0.6 is 0 Å². The summed E-state index contributed by atoms with van der Waals surface area (Å²) in [6.07, 6.45) is 2.54. The molecular formula is C19H23N5O2. The second-order valence-electron chi connectivity index (χ2n) is 6.25. The predicted molar refractivity (Wildman–Crippen MR) is 101 cm³/mol. The van der Waals surface area contributed by atoms with Crippen LogP contribution in [0.1, 0.15) is 24.8 Å². The summed E-state index contributed by atoms with van der Waals surface area (Å²) in [5.41, 5.74) is 9.08. The molecule has 0 aliphatic rings. The van der Waals surface area contributed by atoms with Gasteiger partial charge >= 0.3 is 0 Å². The molecule has 2 heterocycles. The highest BCUT2D eigenvalue weighted by Gasteiger charge is 2.15. The van der Waals surface area contributed by atoms with Gasteiger partial charge in [-0.05, 0) is 44.0 Å². The van der Waals surface area contributed by atoms with Crippen molar-refractivity contribution in [3.8, 4) is 28.3 Å². The Hall–Kier alpha value is -2.93. The van der Waals surface area contributed by atoms with Gasteiger partial charge in [-0.25, -0.2) is 9.97 Å². The summed E-state index contributed by atoms with van der Waals surface area (Å²) in [6, 6.07) is 7.14. The number of aromatic nitrogens is 3. The van der Waals surface area contributed by atoms with Gasteiger partial charge in [-0.2, -0.15) is 0 Å². The van der Waals surface area contributed by atoms with Gasteiger partial charge in [0.05, 0.1) is 11.3 Å². The van der Waals surface area contributed by atoms with Gasteiger partial charge in [0, 0.05) is 24.3 Å². The summed E-state index contributed by atoms with van der Waals surface area (Å²) in [4.78, 5) is 8.80. The number of aryl methyl sites for hydroxylation is 2. The molecule has 136 valence electrons. The van der Waals surface area contributed by atoms with Crippen molar-refractivity contribution in [2.75, 3.05) is 11.9 Å². The number of anilines is 1. The molecule has 7 nitrogen and oxygen atoms in total. The zero-order valence-electron chi connectivity index (χ0n) is 15.2. The fraction of sp³-hybridized carbons (Fsp3) is 0.316. The van der Waals surface area contributed by atoms with Crippen LogP contribution in [0.3, 0.4) is 0 Å². The normalized spacial score (nSPS) is 12.2. The maximum absolute atomic E-state index is 10.3. The fourth-order valence-electron chi connectivity index (χ4n) is 2.73. The molecule has 0 amide bonds. The quantitative estimate of drug-likeness (QED) is 0.624. The summed E-state index contributed by atoms with van der Waals surface area (Å²) in [6.45, 7) is 6.41. The van der Waals surface area contributed by atoms with Crippen LogP contribution in [0.4, 0.5) is 5.82 Å². The average Bonchev–Trinajstić information content (AvgIpc) is 2.99. The highest BCUT2D eigenvalue weighted by Crippen LogP contribution is 2.34. The third-order valence-electron chi connectivity index (χ3n) is 4.28. The third kappa shape index (κ3) is 3.67. The first kappa shape index (κ1) is 17.9. The Balaban J connectivity index is 1.95. The number of hydrogen-bond donors (Lipinski definition) is 3. The number of benzene rings is 1. The van der Waals surface area contributed by atoms with Gasteiger partial charge < -0.3 is 20.7 Å². The van der Waals surface area contributed by atoms with Crippen LogP contribution in [-0.2, 0) is 0 Å². The summed E-state index contributed by atoms with van der Waals surface area (Å²) in [7, 11) is 0. The molecule has 0 aliphatic heterocycles. The van der Waals surface area contributed by atoms with E-state index in [9.17, 15) is 5.11 Å². The van der Waals surface area contributed by atoms with Gasteiger partial charge in [-0.3, -0.25) is 0 Å². The van der Waals surface area contributed by atoms with Gasteiger partial charge in [0.1, 0.15) is 17.3 Å². The molecule has 26 heavy (non-hydrogen) atoms. The summed E-state index contributed by atoms with van der Waals surface area (Å²) in [5.74, 6) is 1.94. The molecule has 3 rings (SSSR count). The molecule has 0 spiro atoms. The minimum Gasteiger partial charge on any atom is -0.507 e. The number of nitrogens with two attached hydrogens (primary N) is 1. The van der Waals surface area contributed by atoms with Gasteiger partial charge in [0.25, 0.3) is 0 Å². The zero-order chi connectivity index (χ0) is 18.7. The maximum atomic E-state index is 10.3. The van der Waals surface area contributed by atoms with Crippen molar-refractivity contribution in [3.05, 3.63) is 41.9 Å². The van der Waals surface area contributed by atoms with E-state index in [-0.39, 0.29) is 11.8 Å². The molecule has 1 aromatic carbocycles. The first-order chi connectivity index (χ1) is 12.5. The van der Waals surface area contributed by atoms with E-state index in [1.54, 1.807) is 18.3 Å². The molecule has 3 aromatic rings. The van der Waals surface area contributed by atoms with Crippen molar-refractivity contribution in [1.29, 1.82) is 0 Å². The lowest BCUT2D eigenvalue weighted by atomic mass is 10.0. The predicted octanol–water partition coefficient (Wildman–Crippen LogP) is 3.27. The number of rotatable bonds is 6. The first-order valence-corrected chi connectivity index (χ1v) is 8.58. The molecule has 0 fully saturated rings. The smallest absolute Gasteiger partial charge is 0.165 e. The van der Waals surface area contributed by atoms with Gasteiger partial charge in [0.2, 0.25) is 0 Å². The van der Waals surface area contributed by atoms with E-state index >= 15 is 0 Å². The number of aromatic hydroxyl groups is 1. The number of phenols is 1. The van der Waals surface area contributed by atoms with E-state index in [1.807, 2.05) is 32.9 Å². The van der Waals surface area contributed by atoms with E-state index in [4.69, 9.17) is 10.3 Å². The van der Waals surface area contributed by atoms with Gasteiger partial charge in [0.15, 0.2) is 5.82 Å². The summed E-state index contributed by atoms with van der Waals surface area (Å²) in [5, 5.41) is 17.5. The second-order valence-corrected chi connectivity index (χ2v) is 6.25. The maximum Gasteiger partial charge on any atom is 0.165 e. The Labute approximate surface area is 152 Å². The number of nitrogens with one attached hydrogen (secondary N) is 1. The van der Waals surface area contributed by atoms with E-state index < -0.39 is 0 Å². The van der Waals surface area contributed by atoms with Crippen LogP contribution < -0.4 is 11.1 Å². The number of phenolic OH excluding ortho intramolecular Hbond substituents is 1. The minimum absolute atomic E-state index is 0.0599. The molecular weight excluding hydrogens is 330 g/mol. The Morgan fingerprint density at radius 2 is 2.08 bits per heavy atom. The van der Waals surface area contributed by atoms with Crippen LogP contribution in [0.5, 0.6) is 5.75 Å². The van der Waals surface area contributed by atoms with Gasteiger partial charge in [-0.15, -0.1) is 0 Å². The van der Waals surface area contributed by atoms with Crippen LogP contribution in [-0.4, -0.2) is 32.8 Å². The van der Waals surface area contributed by atoms with Crippen molar-refractivity contribution in [2.24, 2.45) is 5.73 Å². The Bertz CT molecular complexity index is 887. The van der Waals surface area contributed by atoms with Crippen molar-refractivity contribution < 1.29 is 9.63 Å². The Morgan fingerprint density at radius 3 is 2.77 bits per heavy atom. The topological polar surface area (TPSA) is 110 Å². The molecule has 0 bridgehead atoms. The van der Waals surface area contributed by atoms with E-state index in [0.29, 0.717) is 23.8 Å². The largest absolute Gasteiger partial charge is 0.507 e. The van der Waals surface area contributed by atoms with Crippen LogP contribution in [0.25, 0.3) is 22.5 Å². The zero-order valence-corrected chi connectivity index (χ0v) is 15.2. The number of hydrogen-bond acceptors (Lipinski definition) is 7. The van der Waals surface area contributed by atoms with Crippen molar-refractivity contribution in [1.82, 2.24) is 15.1 Å². The molecule has 7 heteroatoms. The van der Waals surface area contributed by atoms with Gasteiger partial charge in [-0.1, -0.05) is 18.1 Å². The second kappa shape index (κ2) is 7.53. The highest BCUT2D eigenvalue weighted by atomic mass is 16.5. The monoisotopic (exact) mass is 353 g/mol. The lowest BCUT2D eigenvalue weighted by Crippen LogP contribution is -2.28. The fourth-order valence-corrected chi connectivity index (χ4v) is 2.73. The van der Waals surface area contributed by atoms with Crippen molar-refractivity contribution >= 4 is 5.82 Å². The lowest BCUT2D eigenvalue weighted by Gasteiger charge is -2.12. The molecule has 2 aromatic heterocycles. The molecule has 4 N–H and O–H groups in total. The average molecular weight is 353 g/mol. The molecule has 0 saturated heterocycles. The summed E-state index contributed by atoms with van der Waals surface area (Å²) < 4.78 is 5.24. The molecule has 1 atom stereocenters. The molecule has 0 aliphatic carbocycles. The number of nitrogens with zero attached hydrogens (tertiary/aromatic N) is 3. The first-order valence-electron chi connectivity index (χ1n) is 8.58. The molecule has 0 unspecified atom stereocenters. The van der Waals surface area contributed by atoms with Crippen molar-refractivity contribution in [3.63, 3.8) is 0 Å². The van der Waals surface area contributed by atoms with E-state index in [0.717, 1.165) is 29.0 Å². The summed E-state index contributed by atoms with van der Waals surface area (Å²) >= 11 is 0. The van der Waals surface area contributed by atoms with Crippen molar-refractivity contribution in [2.45, 2.75) is 33.2 Å². The SMILES string of the molecule is CC[C@H](N)CNc1ccnc(-c2cc(-c3c(C)noc3C)ccc2O)n1. The van der Waals surface area contributed by atoms with Crippen LogP contribution in [0.15, 0.2) is 35.0 Å². The molecule has 0 saturated carbocycles. The lowest BCUT2D eigenvalue weighted by molar-refractivity contribution is 0.393. The van der Waals surface area contributed by atoms with Crippen LogP contribution in [0, 0.1) is 13.8 Å². The standard InChI is InChI=1S/C19H23N5O2/c1-4-14(20)10-22-17-7-8-21-19(23-17)15-9-13(5-6-16(15)25)18-11(2)24-26-12(18)3/h5-9,14,25H,4,10,20H2,1-3H3,(H,21,22,23)/t14-/m0/s1.